The molecule has 3 aromatic rings. The zero-order valence-electron chi connectivity index (χ0n) is 15.1. The average Bonchev–Trinajstić information content (AvgIpc) is 3.20. The second kappa shape index (κ2) is 6.88. The second-order valence-electron chi connectivity index (χ2n) is 6.01. The minimum absolute atomic E-state index is 0.109. The van der Waals surface area contributed by atoms with Crippen LogP contribution >= 0.6 is 11.3 Å². The fourth-order valence-electron chi connectivity index (χ4n) is 3.02. The quantitative estimate of drug-likeness (QED) is 0.745. The van der Waals surface area contributed by atoms with Crippen LogP contribution in [0.5, 0.6) is 11.5 Å². The SMILES string of the molecule is COc1cc2c(cc1OC)C(=O)N(C)C(c1csc(-c3ccccn3)n1)N2. The van der Waals surface area contributed by atoms with Crippen molar-refractivity contribution in [3.63, 3.8) is 0 Å². The number of aromatic nitrogens is 2. The molecule has 0 spiro atoms. The van der Waals surface area contributed by atoms with Crippen molar-refractivity contribution in [3.8, 4) is 22.2 Å². The number of carbonyl (C=O) groups excluding carboxylic acids is 1. The summed E-state index contributed by atoms with van der Waals surface area (Å²) in [5.41, 5.74) is 2.79. The number of thiazole rings is 1. The Balaban J connectivity index is 1.70. The van der Waals surface area contributed by atoms with E-state index in [1.807, 2.05) is 23.6 Å². The van der Waals surface area contributed by atoms with Crippen molar-refractivity contribution in [2.45, 2.75) is 6.17 Å². The van der Waals surface area contributed by atoms with Crippen molar-refractivity contribution in [2.75, 3.05) is 26.6 Å². The summed E-state index contributed by atoms with van der Waals surface area (Å²) < 4.78 is 10.7. The molecular weight excluding hydrogens is 364 g/mol. The number of nitrogens with zero attached hydrogens (tertiary/aromatic N) is 3. The number of anilines is 1. The lowest BCUT2D eigenvalue weighted by molar-refractivity contribution is 0.0732. The monoisotopic (exact) mass is 382 g/mol. The number of fused-ring (bicyclic) bond motifs is 1. The Labute approximate surface area is 160 Å². The van der Waals surface area contributed by atoms with Crippen molar-refractivity contribution < 1.29 is 14.3 Å². The Morgan fingerprint density at radius 3 is 2.67 bits per heavy atom. The summed E-state index contributed by atoms with van der Waals surface area (Å²) in [5, 5.41) is 6.13. The van der Waals surface area contributed by atoms with Gasteiger partial charge in [0.15, 0.2) is 11.5 Å². The van der Waals surface area contributed by atoms with Gasteiger partial charge in [0.05, 0.1) is 36.9 Å². The van der Waals surface area contributed by atoms with Crippen LogP contribution in [0.1, 0.15) is 22.2 Å². The van der Waals surface area contributed by atoms with Gasteiger partial charge in [0.25, 0.3) is 5.91 Å². The summed E-state index contributed by atoms with van der Waals surface area (Å²) >= 11 is 1.50. The summed E-state index contributed by atoms with van der Waals surface area (Å²) in [6, 6.07) is 9.17. The molecular formula is C19H18N4O3S. The van der Waals surface area contributed by atoms with E-state index in [1.165, 1.54) is 11.3 Å². The molecule has 4 rings (SSSR count). The summed E-state index contributed by atoms with van der Waals surface area (Å²) in [4.78, 5) is 23.5. The number of carbonyl (C=O) groups is 1. The number of hydrogen-bond acceptors (Lipinski definition) is 7. The van der Waals surface area contributed by atoms with E-state index in [0.29, 0.717) is 22.7 Å². The van der Waals surface area contributed by atoms with Gasteiger partial charge in [-0.25, -0.2) is 4.98 Å². The molecule has 1 amide bonds. The molecule has 7 nitrogen and oxygen atoms in total. The minimum atomic E-state index is -0.378. The third-order valence-corrected chi connectivity index (χ3v) is 5.32. The molecule has 3 heterocycles. The molecule has 1 N–H and O–H groups in total. The number of hydrogen-bond donors (Lipinski definition) is 1. The maximum atomic E-state index is 12.9. The lowest BCUT2D eigenvalue weighted by Gasteiger charge is -2.34. The van der Waals surface area contributed by atoms with Crippen LogP contribution in [0, 0.1) is 0 Å². The smallest absolute Gasteiger partial charge is 0.257 e. The maximum absolute atomic E-state index is 12.9. The van der Waals surface area contributed by atoms with E-state index in [1.54, 1.807) is 44.5 Å². The van der Waals surface area contributed by atoms with Crippen LogP contribution in [0.2, 0.25) is 0 Å². The molecule has 0 fully saturated rings. The molecule has 1 unspecified atom stereocenters. The molecule has 1 aromatic carbocycles. The topological polar surface area (TPSA) is 76.6 Å². The molecule has 1 aliphatic rings. The molecule has 0 saturated heterocycles. The van der Waals surface area contributed by atoms with Crippen molar-refractivity contribution in [1.29, 1.82) is 0 Å². The minimum Gasteiger partial charge on any atom is -0.493 e. The number of methoxy groups -OCH3 is 2. The van der Waals surface area contributed by atoms with E-state index in [4.69, 9.17) is 9.47 Å². The summed E-state index contributed by atoms with van der Waals surface area (Å²) in [6.07, 6.45) is 1.36. The van der Waals surface area contributed by atoms with Crippen LogP contribution in [0.15, 0.2) is 41.9 Å². The maximum Gasteiger partial charge on any atom is 0.257 e. The number of ether oxygens (including phenoxy) is 2. The number of nitrogens with one attached hydrogen (secondary N) is 1. The molecule has 1 aliphatic heterocycles. The number of pyridine rings is 1. The van der Waals surface area contributed by atoms with E-state index in [2.05, 4.69) is 15.3 Å². The average molecular weight is 382 g/mol. The highest BCUT2D eigenvalue weighted by atomic mass is 32.1. The van der Waals surface area contributed by atoms with Gasteiger partial charge in [0.1, 0.15) is 11.2 Å². The standard InChI is InChI=1S/C19H18N4O3S/c1-23-17(14-10-27-18(22-14)12-6-4-5-7-20-12)21-13-9-16(26-3)15(25-2)8-11(13)19(23)24/h4-10,17,21H,1-3H3. The number of rotatable bonds is 4. The number of amides is 1. The summed E-state index contributed by atoms with van der Waals surface area (Å²) in [7, 11) is 4.86. The Morgan fingerprint density at radius 1 is 1.19 bits per heavy atom. The van der Waals surface area contributed by atoms with Crippen LogP contribution in [-0.4, -0.2) is 42.0 Å². The molecule has 0 aliphatic carbocycles. The summed E-state index contributed by atoms with van der Waals surface area (Å²) in [6.45, 7) is 0. The number of benzene rings is 1. The highest BCUT2D eigenvalue weighted by molar-refractivity contribution is 7.13. The van der Waals surface area contributed by atoms with Crippen molar-refractivity contribution in [2.24, 2.45) is 0 Å². The van der Waals surface area contributed by atoms with Crippen LogP contribution in [0.25, 0.3) is 10.7 Å². The third-order valence-electron chi connectivity index (χ3n) is 4.44. The normalized spacial score (nSPS) is 15.9. The predicted molar refractivity (Wildman–Crippen MR) is 103 cm³/mol. The molecule has 27 heavy (non-hydrogen) atoms. The van der Waals surface area contributed by atoms with Crippen LogP contribution in [0.4, 0.5) is 5.69 Å². The van der Waals surface area contributed by atoms with Gasteiger partial charge in [-0.1, -0.05) is 6.07 Å². The van der Waals surface area contributed by atoms with E-state index in [9.17, 15) is 4.79 Å². The van der Waals surface area contributed by atoms with Crippen molar-refractivity contribution in [1.82, 2.24) is 14.9 Å². The van der Waals surface area contributed by atoms with Crippen molar-refractivity contribution in [3.05, 3.63) is 53.2 Å². The first-order valence-corrected chi connectivity index (χ1v) is 9.17. The third kappa shape index (κ3) is 2.97. The van der Waals surface area contributed by atoms with Gasteiger partial charge in [-0.05, 0) is 18.2 Å². The van der Waals surface area contributed by atoms with E-state index in [0.717, 1.165) is 16.4 Å². The van der Waals surface area contributed by atoms with Gasteiger partial charge < -0.3 is 19.7 Å². The Bertz CT molecular complexity index is 990. The first kappa shape index (κ1) is 17.3. The highest BCUT2D eigenvalue weighted by Crippen LogP contribution is 2.39. The Hall–Kier alpha value is -3.13. The first-order chi connectivity index (χ1) is 13.1. The molecule has 0 radical (unpaired) electrons. The summed E-state index contributed by atoms with van der Waals surface area (Å²) in [5.74, 6) is 0.971. The van der Waals surface area contributed by atoms with Crippen LogP contribution in [-0.2, 0) is 0 Å². The molecule has 0 bridgehead atoms. The van der Waals surface area contributed by atoms with Gasteiger partial charge in [0, 0.05) is 24.7 Å². The van der Waals surface area contributed by atoms with Gasteiger partial charge in [-0.15, -0.1) is 11.3 Å². The fourth-order valence-corrected chi connectivity index (χ4v) is 3.83. The van der Waals surface area contributed by atoms with Gasteiger partial charge in [0.2, 0.25) is 0 Å². The zero-order chi connectivity index (χ0) is 19.0. The van der Waals surface area contributed by atoms with Crippen LogP contribution < -0.4 is 14.8 Å². The Morgan fingerprint density at radius 2 is 1.96 bits per heavy atom. The first-order valence-electron chi connectivity index (χ1n) is 8.29. The van der Waals surface area contributed by atoms with Crippen molar-refractivity contribution >= 4 is 22.9 Å². The van der Waals surface area contributed by atoms with Gasteiger partial charge in [-0.3, -0.25) is 9.78 Å². The molecule has 2 aromatic heterocycles. The zero-order valence-corrected chi connectivity index (χ0v) is 15.9. The van der Waals surface area contributed by atoms with E-state index in [-0.39, 0.29) is 12.1 Å². The van der Waals surface area contributed by atoms with Gasteiger partial charge in [-0.2, -0.15) is 0 Å². The lowest BCUT2D eigenvalue weighted by Crippen LogP contribution is -2.40. The molecule has 1 atom stereocenters. The van der Waals surface area contributed by atoms with E-state index < -0.39 is 0 Å². The van der Waals surface area contributed by atoms with Gasteiger partial charge >= 0.3 is 0 Å². The molecule has 8 heteroatoms. The largest absolute Gasteiger partial charge is 0.493 e. The lowest BCUT2D eigenvalue weighted by atomic mass is 10.1. The second-order valence-corrected chi connectivity index (χ2v) is 6.87. The predicted octanol–water partition coefficient (Wildman–Crippen LogP) is 3.42. The molecule has 138 valence electrons. The molecule has 0 saturated carbocycles. The highest BCUT2D eigenvalue weighted by Gasteiger charge is 2.33. The van der Waals surface area contributed by atoms with Crippen LogP contribution in [0.3, 0.4) is 0 Å². The van der Waals surface area contributed by atoms with E-state index >= 15 is 0 Å². The Kier molecular flexibility index (Phi) is 4.41. The fraction of sp³-hybridized carbons (Fsp3) is 0.211.